The summed E-state index contributed by atoms with van der Waals surface area (Å²) < 4.78 is 2.22. The first-order chi connectivity index (χ1) is 7.08. The van der Waals surface area contributed by atoms with E-state index in [-0.39, 0.29) is 12.3 Å². The van der Waals surface area contributed by atoms with Gasteiger partial charge in [0.05, 0.1) is 5.69 Å². The summed E-state index contributed by atoms with van der Waals surface area (Å²) in [6.07, 6.45) is 2.10. The van der Waals surface area contributed by atoms with Crippen LogP contribution < -0.4 is 0 Å². The third-order valence-corrected chi connectivity index (χ3v) is 3.17. The Morgan fingerprint density at radius 2 is 2.33 bits per heavy atom. The predicted molar refractivity (Wildman–Crippen MR) is 55.8 cm³/mol. The Morgan fingerprint density at radius 3 is 3.00 bits per heavy atom. The van der Waals surface area contributed by atoms with Crippen LogP contribution in [0.2, 0.25) is 0 Å². The minimum absolute atomic E-state index is 0.281. The largest absolute Gasteiger partial charge is 0.481 e. The second-order valence-corrected chi connectivity index (χ2v) is 4.30. The molecule has 0 saturated carbocycles. The normalized spacial score (nSPS) is 20.0. The zero-order chi connectivity index (χ0) is 11.0. The first kappa shape index (κ1) is 10.2. The number of rotatable bonds is 2. The van der Waals surface area contributed by atoms with Gasteiger partial charge in [0.15, 0.2) is 0 Å². The summed E-state index contributed by atoms with van der Waals surface area (Å²) in [5.74, 6) is 0.642. The standard InChI is InChI=1S/C11H16N2O2/c1-7-10-5-9(6-11(14)15)3-4-13(10)8(2)12-7/h9H,3-6H2,1-2H3,(H,14,15). The van der Waals surface area contributed by atoms with Gasteiger partial charge in [-0.3, -0.25) is 4.79 Å². The smallest absolute Gasteiger partial charge is 0.303 e. The molecule has 1 N–H and O–H groups in total. The molecule has 1 aromatic rings. The second-order valence-electron chi connectivity index (χ2n) is 4.30. The summed E-state index contributed by atoms with van der Waals surface area (Å²) in [7, 11) is 0. The molecule has 4 nitrogen and oxygen atoms in total. The van der Waals surface area contributed by atoms with Crippen molar-refractivity contribution in [3.05, 3.63) is 17.2 Å². The van der Waals surface area contributed by atoms with E-state index in [9.17, 15) is 4.79 Å². The molecule has 1 atom stereocenters. The van der Waals surface area contributed by atoms with Crippen molar-refractivity contribution >= 4 is 5.97 Å². The number of hydrogen-bond acceptors (Lipinski definition) is 2. The van der Waals surface area contributed by atoms with Crippen LogP contribution in [0.4, 0.5) is 0 Å². The van der Waals surface area contributed by atoms with Crippen LogP contribution in [0, 0.1) is 19.8 Å². The number of fused-ring (bicyclic) bond motifs is 1. The van der Waals surface area contributed by atoms with E-state index >= 15 is 0 Å². The Balaban J connectivity index is 2.19. The van der Waals surface area contributed by atoms with Crippen LogP contribution in [-0.4, -0.2) is 20.6 Å². The van der Waals surface area contributed by atoms with E-state index in [1.165, 1.54) is 5.69 Å². The Morgan fingerprint density at radius 1 is 1.60 bits per heavy atom. The molecule has 0 spiro atoms. The maximum absolute atomic E-state index is 10.6. The fourth-order valence-electron chi connectivity index (χ4n) is 2.42. The SMILES string of the molecule is Cc1nc(C)n2c1CC(CC(=O)O)CC2. The molecule has 2 heterocycles. The minimum Gasteiger partial charge on any atom is -0.481 e. The highest BCUT2D eigenvalue weighted by Gasteiger charge is 2.23. The maximum Gasteiger partial charge on any atom is 0.303 e. The van der Waals surface area contributed by atoms with Gasteiger partial charge in [-0.2, -0.15) is 0 Å². The molecule has 1 aliphatic rings. The Hall–Kier alpha value is -1.32. The molecular weight excluding hydrogens is 192 g/mol. The second kappa shape index (κ2) is 3.68. The molecule has 0 radical (unpaired) electrons. The Kier molecular flexibility index (Phi) is 2.50. The van der Waals surface area contributed by atoms with Crippen molar-refractivity contribution in [1.29, 1.82) is 0 Å². The molecule has 0 aliphatic carbocycles. The van der Waals surface area contributed by atoms with E-state index in [2.05, 4.69) is 9.55 Å². The molecule has 1 aliphatic heterocycles. The van der Waals surface area contributed by atoms with E-state index in [4.69, 9.17) is 5.11 Å². The van der Waals surface area contributed by atoms with Crippen LogP contribution in [0.15, 0.2) is 0 Å². The third-order valence-electron chi connectivity index (χ3n) is 3.17. The maximum atomic E-state index is 10.6. The van der Waals surface area contributed by atoms with Crippen LogP contribution in [0.3, 0.4) is 0 Å². The molecule has 0 bridgehead atoms. The highest BCUT2D eigenvalue weighted by atomic mass is 16.4. The number of carbonyl (C=O) groups is 1. The highest BCUT2D eigenvalue weighted by Crippen LogP contribution is 2.26. The molecule has 1 aromatic heterocycles. The van der Waals surface area contributed by atoms with Gasteiger partial charge in [-0.05, 0) is 32.6 Å². The molecule has 2 rings (SSSR count). The van der Waals surface area contributed by atoms with Gasteiger partial charge in [0.25, 0.3) is 0 Å². The number of aliphatic carboxylic acids is 1. The zero-order valence-electron chi connectivity index (χ0n) is 9.16. The average Bonchev–Trinajstić information content (AvgIpc) is 2.41. The highest BCUT2D eigenvalue weighted by molar-refractivity contribution is 5.67. The van der Waals surface area contributed by atoms with Crippen LogP contribution >= 0.6 is 0 Å². The Labute approximate surface area is 88.9 Å². The van der Waals surface area contributed by atoms with Gasteiger partial charge in [-0.15, -0.1) is 0 Å². The molecule has 4 heteroatoms. The van der Waals surface area contributed by atoms with Gasteiger partial charge in [0.1, 0.15) is 5.82 Å². The van der Waals surface area contributed by atoms with Crippen LogP contribution in [0.1, 0.15) is 30.1 Å². The third kappa shape index (κ3) is 1.89. The fraction of sp³-hybridized carbons (Fsp3) is 0.636. The number of carboxylic acids is 1. The molecule has 0 saturated heterocycles. The quantitative estimate of drug-likeness (QED) is 0.802. The monoisotopic (exact) mass is 208 g/mol. The lowest BCUT2D eigenvalue weighted by atomic mass is 9.92. The lowest BCUT2D eigenvalue weighted by Crippen LogP contribution is -2.22. The van der Waals surface area contributed by atoms with Crippen molar-refractivity contribution in [2.24, 2.45) is 5.92 Å². The van der Waals surface area contributed by atoms with Crippen molar-refractivity contribution in [1.82, 2.24) is 9.55 Å². The first-order valence-corrected chi connectivity index (χ1v) is 5.32. The molecule has 82 valence electrons. The van der Waals surface area contributed by atoms with E-state index in [1.54, 1.807) is 0 Å². The topological polar surface area (TPSA) is 55.1 Å². The van der Waals surface area contributed by atoms with Gasteiger partial charge >= 0.3 is 5.97 Å². The Bertz CT molecular complexity index is 396. The molecule has 1 unspecified atom stereocenters. The number of carboxylic acid groups (broad SMARTS) is 1. The summed E-state index contributed by atoms with van der Waals surface area (Å²) in [6, 6.07) is 0. The molecule has 0 fully saturated rings. The molecule has 15 heavy (non-hydrogen) atoms. The summed E-state index contributed by atoms with van der Waals surface area (Å²) >= 11 is 0. The van der Waals surface area contributed by atoms with Crippen molar-refractivity contribution in [3.8, 4) is 0 Å². The van der Waals surface area contributed by atoms with Crippen molar-refractivity contribution in [2.75, 3.05) is 0 Å². The average molecular weight is 208 g/mol. The number of aromatic nitrogens is 2. The van der Waals surface area contributed by atoms with Gasteiger partial charge < -0.3 is 9.67 Å². The lowest BCUT2D eigenvalue weighted by Gasteiger charge is -2.23. The molecular formula is C11H16N2O2. The van der Waals surface area contributed by atoms with Gasteiger partial charge in [-0.25, -0.2) is 4.98 Å². The predicted octanol–water partition coefficient (Wildman–Crippen LogP) is 1.54. The van der Waals surface area contributed by atoms with E-state index in [1.807, 2.05) is 13.8 Å². The summed E-state index contributed by atoms with van der Waals surface area (Å²) in [5, 5.41) is 8.77. The van der Waals surface area contributed by atoms with Crippen LogP contribution in [0.25, 0.3) is 0 Å². The van der Waals surface area contributed by atoms with Crippen molar-refractivity contribution in [3.63, 3.8) is 0 Å². The molecule has 0 amide bonds. The van der Waals surface area contributed by atoms with Crippen molar-refractivity contribution < 1.29 is 9.90 Å². The van der Waals surface area contributed by atoms with Crippen LogP contribution in [0.5, 0.6) is 0 Å². The van der Waals surface area contributed by atoms with Gasteiger partial charge in [0.2, 0.25) is 0 Å². The van der Waals surface area contributed by atoms with E-state index in [0.717, 1.165) is 30.9 Å². The van der Waals surface area contributed by atoms with Gasteiger partial charge in [-0.1, -0.05) is 0 Å². The fourth-order valence-corrected chi connectivity index (χ4v) is 2.42. The molecule has 0 aromatic carbocycles. The number of nitrogens with zero attached hydrogens (tertiary/aromatic N) is 2. The van der Waals surface area contributed by atoms with E-state index in [0.29, 0.717) is 0 Å². The summed E-state index contributed by atoms with van der Waals surface area (Å²) in [5.41, 5.74) is 2.28. The van der Waals surface area contributed by atoms with Crippen molar-refractivity contribution in [2.45, 2.75) is 39.7 Å². The van der Waals surface area contributed by atoms with Gasteiger partial charge in [0, 0.05) is 18.7 Å². The summed E-state index contributed by atoms with van der Waals surface area (Å²) in [6.45, 7) is 4.93. The van der Waals surface area contributed by atoms with E-state index < -0.39 is 5.97 Å². The number of hydrogen-bond donors (Lipinski definition) is 1. The van der Waals surface area contributed by atoms with Crippen LogP contribution in [-0.2, 0) is 17.8 Å². The number of imidazole rings is 1. The summed E-state index contributed by atoms with van der Waals surface area (Å²) in [4.78, 5) is 15.1. The minimum atomic E-state index is -0.692. The number of aryl methyl sites for hydroxylation is 2. The lowest BCUT2D eigenvalue weighted by molar-refractivity contribution is -0.138. The zero-order valence-corrected chi connectivity index (χ0v) is 9.16. The first-order valence-electron chi connectivity index (χ1n) is 5.32.